The second kappa shape index (κ2) is 9.04. The third-order valence-corrected chi connectivity index (χ3v) is 5.36. The van der Waals surface area contributed by atoms with E-state index in [0.29, 0.717) is 24.5 Å². The lowest BCUT2D eigenvalue weighted by Crippen LogP contribution is -2.46. The van der Waals surface area contributed by atoms with Gasteiger partial charge in [-0.05, 0) is 51.0 Å². The van der Waals surface area contributed by atoms with E-state index in [1.165, 1.54) is 0 Å². The molecule has 2 amide bonds. The van der Waals surface area contributed by atoms with Gasteiger partial charge in [-0.3, -0.25) is 14.5 Å². The summed E-state index contributed by atoms with van der Waals surface area (Å²) in [6.45, 7) is 8.09. The number of rotatable bonds is 6. The maximum Gasteiger partial charge on any atom is 0.239 e. The molecule has 3 rings (SSSR count). The third kappa shape index (κ3) is 5.21. The zero-order valence-corrected chi connectivity index (χ0v) is 16.7. The Morgan fingerprint density at radius 1 is 1.22 bits per heavy atom. The van der Waals surface area contributed by atoms with Gasteiger partial charge in [-0.25, -0.2) is 0 Å². The van der Waals surface area contributed by atoms with Gasteiger partial charge in [0.25, 0.3) is 0 Å². The molecule has 2 aliphatic heterocycles. The average Bonchev–Trinajstić information content (AvgIpc) is 3.00. The van der Waals surface area contributed by atoms with Gasteiger partial charge >= 0.3 is 0 Å². The van der Waals surface area contributed by atoms with Crippen LogP contribution in [0.5, 0.6) is 0 Å². The summed E-state index contributed by atoms with van der Waals surface area (Å²) in [5, 5.41) is 3.56. The topological polar surface area (TPSA) is 61.9 Å². The highest BCUT2D eigenvalue weighted by Crippen LogP contribution is 2.26. The summed E-state index contributed by atoms with van der Waals surface area (Å²) in [6.07, 6.45) is 1.91. The number of nitrogens with one attached hydrogen (secondary N) is 1. The third-order valence-electron chi connectivity index (χ3n) is 5.11. The van der Waals surface area contributed by atoms with Crippen molar-refractivity contribution in [2.45, 2.75) is 38.9 Å². The first-order chi connectivity index (χ1) is 12.9. The van der Waals surface area contributed by atoms with Gasteiger partial charge in [-0.1, -0.05) is 11.6 Å². The van der Waals surface area contributed by atoms with Crippen LogP contribution in [0.4, 0.5) is 5.69 Å². The summed E-state index contributed by atoms with van der Waals surface area (Å²) >= 11 is 5.90. The van der Waals surface area contributed by atoms with Crippen LogP contribution in [-0.4, -0.2) is 61.6 Å². The maximum absolute atomic E-state index is 12.6. The van der Waals surface area contributed by atoms with Crippen molar-refractivity contribution in [2.24, 2.45) is 5.92 Å². The standard InChI is InChI=1S/C20H28ClN3O3/c1-14-12-23(13-15(2)27-14)10-3-9-22-19(25)18-8-11-24(20(18)26)17-6-4-16(21)5-7-17/h4-7,14-15,18H,3,8-13H2,1-2H3,(H,22,25). The number of benzene rings is 1. The van der Waals surface area contributed by atoms with E-state index in [2.05, 4.69) is 24.1 Å². The van der Waals surface area contributed by atoms with E-state index in [9.17, 15) is 9.59 Å². The molecule has 0 aliphatic carbocycles. The van der Waals surface area contributed by atoms with Gasteiger partial charge in [0.05, 0.1) is 12.2 Å². The fourth-order valence-corrected chi connectivity index (χ4v) is 4.03. The fraction of sp³-hybridized carbons (Fsp3) is 0.600. The van der Waals surface area contributed by atoms with Gasteiger partial charge in [-0.2, -0.15) is 0 Å². The van der Waals surface area contributed by atoms with Crippen LogP contribution in [-0.2, 0) is 14.3 Å². The Balaban J connectivity index is 1.42. The molecular formula is C20H28ClN3O3. The highest BCUT2D eigenvalue weighted by atomic mass is 35.5. The van der Waals surface area contributed by atoms with E-state index in [-0.39, 0.29) is 24.0 Å². The number of nitrogens with zero attached hydrogens (tertiary/aromatic N) is 2. The van der Waals surface area contributed by atoms with Crippen LogP contribution in [0, 0.1) is 5.92 Å². The molecule has 1 aromatic carbocycles. The first-order valence-electron chi connectivity index (χ1n) is 9.66. The first kappa shape index (κ1) is 20.1. The fourth-order valence-electron chi connectivity index (χ4n) is 3.91. The normalized spacial score (nSPS) is 26.4. The van der Waals surface area contributed by atoms with Crippen molar-refractivity contribution in [1.29, 1.82) is 0 Å². The number of halogens is 1. The van der Waals surface area contributed by atoms with Gasteiger partial charge in [0.15, 0.2) is 0 Å². The molecule has 0 spiro atoms. The summed E-state index contributed by atoms with van der Waals surface area (Å²) in [7, 11) is 0. The van der Waals surface area contributed by atoms with Gasteiger partial charge < -0.3 is 15.0 Å². The van der Waals surface area contributed by atoms with Gasteiger partial charge in [0.1, 0.15) is 5.92 Å². The van der Waals surface area contributed by atoms with Crippen LogP contribution in [0.3, 0.4) is 0 Å². The largest absolute Gasteiger partial charge is 0.373 e. The summed E-state index contributed by atoms with van der Waals surface area (Å²) in [5.74, 6) is -0.894. The molecule has 0 radical (unpaired) electrons. The predicted octanol–water partition coefficient (Wildman–Crippen LogP) is 2.31. The SMILES string of the molecule is CC1CN(CCCNC(=O)C2CCN(c3ccc(Cl)cc3)C2=O)CC(C)O1. The van der Waals surface area contributed by atoms with Crippen molar-refractivity contribution in [3.63, 3.8) is 0 Å². The maximum atomic E-state index is 12.6. The van der Waals surface area contributed by atoms with Crippen LogP contribution in [0.15, 0.2) is 24.3 Å². The number of carbonyl (C=O) groups is 2. The molecule has 2 heterocycles. The minimum atomic E-state index is -0.593. The molecule has 0 bridgehead atoms. The smallest absolute Gasteiger partial charge is 0.239 e. The molecule has 1 aromatic rings. The van der Waals surface area contributed by atoms with E-state index in [4.69, 9.17) is 16.3 Å². The van der Waals surface area contributed by atoms with Crippen molar-refractivity contribution in [3.05, 3.63) is 29.3 Å². The van der Waals surface area contributed by atoms with E-state index >= 15 is 0 Å². The molecule has 2 fully saturated rings. The monoisotopic (exact) mass is 393 g/mol. The Kier molecular flexibility index (Phi) is 6.73. The van der Waals surface area contributed by atoms with Crippen molar-refractivity contribution >= 4 is 29.1 Å². The van der Waals surface area contributed by atoms with Crippen molar-refractivity contribution in [2.75, 3.05) is 37.6 Å². The lowest BCUT2D eigenvalue weighted by atomic mass is 10.1. The number of anilines is 1. The van der Waals surface area contributed by atoms with Crippen LogP contribution >= 0.6 is 11.6 Å². The molecule has 0 aromatic heterocycles. The number of carbonyl (C=O) groups excluding carboxylic acids is 2. The lowest BCUT2D eigenvalue weighted by Gasteiger charge is -2.35. The molecule has 148 valence electrons. The Bertz CT molecular complexity index is 657. The molecule has 0 saturated carbocycles. The summed E-state index contributed by atoms with van der Waals surface area (Å²) < 4.78 is 5.73. The summed E-state index contributed by atoms with van der Waals surface area (Å²) in [6, 6.07) is 7.13. The highest BCUT2D eigenvalue weighted by molar-refractivity contribution is 6.30. The Hall–Kier alpha value is -1.63. The summed E-state index contributed by atoms with van der Waals surface area (Å²) in [5.41, 5.74) is 0.787. The predicted molar refractivity (Wildman–Crippen MR) is 106 cm³/mol. The molecule has 1 N–H and O–H groups in total. The van der Waals surface area contributed by atoms with Crippen molar-refractivity contribution in [1.82, 2.24) is 10.2 Å². The number of hydrogen-bond acceptors (Lipinski definition) is 4. The Morgan fingerprint density at radius 3 is 2.56 bits per heavy atom. The molecule has 2 saturated heterocycles. The zero-order valence-electron chi connectivity index (χ0n) is 16.0. The van der Waals surface area contributed by atoms with Crippen molar-refractivity contribution < 1.29 is 14.3 Å². The highest BCUT2D eigenvalue weighted by Gasteiger charge is 2.37. The van der Waals surface area contributed by atoms with Crippen LogP contribution in [0.25, 0.3) is 0 Å². The number of hydrogen-bond donors (Lipinski definition) is 1. The van der Waals surface area contributed by atoms with Gasteiger partial charge in [0, 0.05) is 43.4 Å². The molecule has 3 atom stereocenters. The molecule has 3 unspecified atom stereocenters. The van der Waals surface area contributed by atoms with Gasteiger partial charge in [-0.15, -0.1) is 0 Å². The molecule has 6 nitrogen and oxygen atoms in total. The lowest BCUT2D eigenvalue weighted by molar-refractivity contribution is -0.132. The second-order valence-corrected chi connectivity index (χ2v) is 7.91. The zero-order chi connectivity index (χ0) is 19.4. The van der Waals surface area contributed by atoms with Crippen LogP contribution in [0.1, 0.15) is 26.7 Å². The molecular weight excluding hydrogens is 366 g/mol. The molecule has 7 heteroatoms. The number of amides is 2. The van der Waals surface area contributed by atoms with E-state index in [1.807, 2.05) is 12.1 Å². The van der Waals surface area contributed by atoms with Crippen molar-refractivity contribution in [3.8, 4) is 0 Å². The van der Waals surface area contributed by atoms with E-state index in [1.54, 1.807) is 17.0 Å². The Morgan fingerprint density at radius 2 is 1.89 bits per heavy atom. The van der Waals surface area contributed by atoms with E-state index in [0.717, 1.165) is 31.7 Å². The second-order valence-electron chi connectivity index (χ2n) is 7.47. The summed E-state index contributed by atoms with van der Waals surface area (Å²) in [4.78, 5) is 29.1. The minimum Gasteiger partial charge on any atom is -0.373 e. The first-order valence-corrected chi connectivity index (χ1v) is 10.0. The van der Waals surface area contributed by atoms with E-state index < -0.39 is 5.92 Å². The van der Waals surface area contributed by atoms with Crippen LogP contribution < -0.4 is 10.2 Å². The Labute approximate surface area is 165 Å². The molecule has 27 heavy (non-hydrogen) atoms. The average molecular weight is 394 g/mol. The van der Waals surface area contributed by atoms with Crippen LogP contribution in [0.2, 0.25) is 5.02 Å². The minimum absolute atomic E-state index is 0.134. The van der Waals surface area contributed by atoms with Gasteiger partial charge in [0.2, 0.25) is 11.8 Å². The molecule has 2 aliphatic rings. The number of ether oxygens (including phenoxy) is 1. The number of morpholine rings is 1. The quantitative estimate of drug-likeness (QED) is 0.595.